The fourth-order valence-electron chi connectivity index (χ4n) is 4.71. The van der Waals surface area contributed by atoms with Crippen molar-refractivity contribution >= 4 is 40.2 Å². The van der Waals surface area contributed by atoms with Gasteiger partial charge in [0.15, 0.2) is 6.61 Å². The molecule has 0 radical (unpaired) electrons. The second-order valence-corrected chi connectivity index (χ2v) is 10.4. The van der Waals surface area contributed by atoms with E-state index >= 15 is 0 Å². The van der Waals surface area contributed by atoms with Gasteiger partial charge in [-0.2, -0.15) is 0 Å². The summed E-state index contributed by atoms with van der Waals surface area (Å²) >= 11 is 1.55. The van der Waals surface area contributed by atoms with E-state index in [1.54, 1.807) is 11.8 Å². The van der Waals surface area contributed by atoms with Crippen molar-refractivity contribution < 1.29 is 14.3 Å². The van der Waals surface area contributed by atoms with Crippen molar-refractivity contribution in [2.24, 2.45) is 11.3 Å². The molecule has 5 nitrogen and oxygen atoms in total. The lowest BCUT2D eigenvalue weighted by Crippen LogP contribution is -2.31. The molecular formula is C28H32N2O3S. The molecule has 1 N–H and O–H groups in total. The van der Waals surface area contributed by atoms with Crippen LogP contribution in [0.2, 0.25) is 0 Å². The molecule has 1 aromatic heterocycles. The van der Waals surface area contributed by atoms with Crippen molar-refractivity contribution in [3.8, 4) is 0 Å². The predicted molar refractivity (Wildman–Crippen MR) is 138 cm³/mol. The quantitative estimate of drug-likeness (QED) is 0.320. The SMILES string of the molecule is CCC(C)(C)C1CCc2nc3ccccc3c(C(=O)OCC(=O)Nc3ccccc3SC)c2C1. The normalized spacial score (nSPS) is 15.6. The minimum Gasteiger partial charge on any atom is -0.452 e. The zero-order valence-corrected chi connectivity index (χ0v) is 21.1. The number of rotatable bonds is 7. The number of anilines is 1. The molecule has 0 bridgehead atoms. The van der Waals surface area contributed by atoms with Gasteiger partial charge in [-0.05, 0) is 60.6 Å². The van der Waals surface area contributed by atoms with Crippen molar-refractivity contribution in [2.75, 3.05) is 18.2 Å². The smallest absolute Gasteiger partial charge is 0.339 e. The van der Waals surface area contributed by atoms with Crippen molar-refractivity contribution in [2.45, 2.75) is 51.3 Å². The molecule has 0 spiro atoms. The molecule has 1 aliphatic rings. The molecular weight excluding hydrogens is 444 g/mol. The van der Waals surface area contributed by atoms with Crippen molar-refractivity contribution in [3.05, 3.63) is 65.4 Å². The van der Waals surface area contributed by atoms with Gasteiger partial charge in [0, 0.05) is 16.0 Å². The van der Waals surface area contributed by atoms with Gasteiger partial charge >= 0.3 is 5.97 Å². The number of hydrogen-bond acceptors (Lipinski definition) is 5. The minimum atomic E-state index is -0.460. The first-order valence-electron chi connectivity index (χ1n) is 11.8. The van der Waals surface area contributed by atoms with Crippen LogP contribution >= 0.6 is 11.8 Å². The number of carbonyl (C=O) groups is 2. The molecule has 1 unspecified atom stereocenters. The Balaban J connectivity index is 1.60. The van der Waals surface area contributed by atoms with E-state index in [0.29, 0.717) is 17.2 Å². The summed E-state index contributed by atoms with van der Waals surface area (Å²) in [4.78, 5) is 31.8. The van der Waals surface area contributed by atoms with E-state index in [4.69, 9.17) is 9.72 Å². The van der Waals surface area contributed by atoms with E-state index < -0.39 is 5.97 Å². The van der Waals surface area contributed by atoms with Gasteiger partial charge in [0.05, 0.1) is 16.8 Å². The van der Waals surface area contributed by atoms with Gasteiger partial charge in [-0.25, -0.2) is 4.79 Å². The molecule has 1 aliphatic carbocycles. The van der Waals surface area contributed by atoms with Crippen LogP contribution in [0.15, 0.2) is 53.4 Å². The number of thioether (sulfide) groups is 1. The first-order valence-corrected chi connectivity index (χ1v) is 13.1. The average molecular weight is 477 g/mol. The van der Waals surface area contributed by atoms with Gasteiger partial charge in [0.2, 0.25) is 0 Å². The third kappa shape index (κ3) is 4.97. The summed E-state index contributed by atoms with van der Waals surface area (Å²) < 4.78 is 5.57. The summed E-state index contributed by atoms with van der Waals surface area (Å²) in [7, 11) is 0. The molecule has 1 atom stereocenters. The van der Waals surface area contributed by atoms with E-state index in [1.165, 1.54) is 0 Å². The second kappa shape index (κ2) is 10.2. The van der Waals surface area contributed by atoms with Crippen LogP contribution in [0.1, 0.15) is 55.2 Å². The van der Waals surface area contributed by atoms with Crippen LogP contribution in [0.3, 0.4) is 0 Å². The van der Waals surface area contributed by atoms with Crippen LogP contribution in [0.4, 0.5) is 5.69 Å². The van der Waals surface area contributed by atoms with Crippen molar-refractivity contribution in [1.82, 2.24) is 4.98 Å². The molecule has 178 valence electrons. The third-order valence-corrected chi connectivity index (χ3v) is 7.99. The Bertz CT molecular complexity index is 1220. The van der Waals surface area contributed by atoms with Crippen LogP contribution in [0.25, 0.3) is 10.9 Å². The number of amides is 1. The van der Waals surface area contributed by atoms with Crippen LogP contribution in [-0.2, 0) is 22.4 Å². The average Bonchev–Trinajstić information content (AvgIpc) is 2.85. The number of fused-ring (bicyclic) bond motifs is 2. The Morgan fingerprint density at radius 1 is 1.15 bits per heavy atom. The Hall–Kier alpha value is -2.86. The molecule has 0 fully saturated rings. The molecule has 0 saturated carbocycles. The first kappa shape index (κ1) is 24.3. The maximum Gasteiger partial charge on any atom is 0.339 e. The summed E-state index contributed by atoms with van der Waals surface area (Å²) in [5.41, 5.74) is 4.21. The number of aromatic nitrogens is 1. The molecule has 1 heterocycles. The van der Waals surface area contributed by atoms with Crippen molar-refractivity contribution in [1.29, 1.82) is 0 Å². The molecule has 34 heavy (non-hydrogen) atoms. The number of ether oxygens (including phenoxy) is 1. The number of pyridine rings is 1. The van der Waals surface area contributed by atoms with Gasteiger partial charge in [-0.15, -0.1) is 11.8 Å². The second-order valence-electron chi connectivity index (χ2n) is 9.54. The number of aryl methyl sites for hydroxylation is 1. The molecule has 2 aromatic carbocycles. The van der Waals surface area contributed by atoms with Crippen molar-refractivity contribution in [3.63, 3.8) is 0 Å². The molecule has 0 aliphatic heterocycles. The Labute approximate surface area is 205 Å². The fraction of sp³-hybridized carbons (Fsp3) is 0.393. The summed E-state index contributed by atoms with van der Waals surface area (Å²) in [5, 5.41) is 3.64. The standard InChI is InChI=1S/C28H32N2O3S/c1-5-28(2,3)18-14-15-22-20(16-18)26(19-10-6-7-11-21(19)29-22)27(32)33-17-25(31)30-23-12-8-9-13-24(23)34-4/h6-13,18H,5,14-17H2,1-4H3,(H,30,31). The number of hydrogen-bond donors (Lipinski definition) is 1. The highest BCUT2D eigenvalue weighted by Crippen LogP contribution is 2.41. The Morgan fingerprint density at radius 3 is 2.65 bits per heavy atom. The maximum atomic E-state index is 13.4. The highest BCUT2D eigenvalue weighted by molar-refractivity contribution is 7.98. The zero-order chi connectivity index (χ0) is 24.3. The van der Waals surface area contributed by atoms with E-state index in [0.717, 1.165) is 52.7 Å². The molecule has 4 rings (SSSR count). The summed E-state index contributed by atoms with van der Waals surface area (Å²) in [6, 6.07) is 15.3. The lowest BCUT2D eigenvalue weighted by Gasteiger charge is -2.37. The number of nitrogens with one attached hydrogen (secondary N) is 1. The first-order chi connectivity index (χ1) is 16.3. The van der Waals surface area contributed by atoms with E-state index in [2.05, 4.69) is 26.1 Å². The fourth-order valence-corrected chi connectivity index (χ4v) is 5.27. The third-order valence-electron chi connectivity index (χ3n) is 7.19. The van der Waals surface area contributed by atoms with Gasteiger partial charge < -0.3 is 10.1 Å². The Kier molecular flexibility index (Phi) is 7.27. The maximum absolute atomic E-state index is 13.4. The van der Waals surface area contributed by atoms with E-state index in [9.17, 15) is 9.59 Å². The number of nitrogens with zero attached hydrogens (tertiary/aromatic N) is 1. The number of para-hydroxylation sites is 2. The van der Waals surface area contributed by atoms with Crippen LogP contribution in [0, 0.1) is 11.3 Å². The van der Waals surface area contributed by atoms with E-state index in [1.807, 2.05) is 54.8 Å². The monoisotopic (exact) mass is 476 g/mol. The van der Waals surface area contributed by atoms with Gasteiger partial charge in [-0.3, -0.25) is 9.78 Å². The molecule has 0 saturated heterocycles. The molecule has 3 aromatic rings. The van der Waals surface area contributed by atoms with Gasteiger partial charge in [-0.1, -0.05) is 57.5 Å². The summed E-state index contributed by atoms with van der Waals surface area (Å²) in [6.45, 7) is 6.48. The number of esters is 1. The Morgan fingerprint density at radius 2 is 1.88 bits per heavy atom. The predicted octanol–water partition coefficient (Wildman–Crippen LogP) is 6.29. The summed E-state index contributed by atoms with van der Waals surface area (Å²) in [5.74, 6) is -0.351. The highest BCUT2D eigenvalue weighted by atomic mass is 32.2. The lowest BCUT2D eigenvalue weighted by atomic mass is 9.68. The molecule has 1 amide bonds. The lowest BCUT2D eigenvalue weighted by molar-refractivity contribution is -0.119. The van der Waals surface area contributed by atoms with Crippen LogP contribution < -0.4 is 5.32 Å². The zero-order valence-electron chi connectivity index (χ0n) is 20.3. The van der Waals surface area contributed by atoms with Gasteiger partial charge in [0.1, 0.15) is 0 Å². The molecule has 6 heteroatoms. The largest absolute Gasteiger partial charge is 0.452 e. The highest BCUT2D eigenvalue weighted by Gasteiger charge is 2.34. The van der Waals surface area contributed by atoms with Crippen LogP contribution in [0.5, 0.6) is 0 Å². The van der Waals surface area contributed by atoms with Gasteiger partial charge in [0.25, 0.3) is 5.91 Å². The topological polar surface area (TPSA) is 68.3 Å². The minimum absolute atomic E-state index is 0.176. The van der Waals surface area contributed by atoms with E-state index in [-0.39, 0.29) is 17.9 Å². The number of benzene rings is 2. The number of carbonyl (C=O) groups excluding carboxylic acids is 2. The summed E-state index contributed by atoms with van der Waals surface area (Å²) in [6.07, 6.45) is 5.73. The van der Waals surface area contributed by atoms with Crippen LogP contribution in [-0.4, -0.2) is 29.7 Å².